The maximum Gasteiger partial charge on any atom is 0.318 e. The summed E-state index contributed by atoms with van der Waals surface area (Å²) in [6.07, 6.45) is 0. The van der Waals surface area contributed by atoms with Gasteiger partial charge in [-0.15, -0.1) is 0 Å². The summed E-state index contributed by atoms with van der Waals surface area (Å²) in [5.74, 6) is -6.69. The Bertz CT molecular complexity index is 1170. The van der Waals surface area contributed by atoms with E-state index < -0.39 is 161 Å². The fourth-order valence-electron chi connectivity index (χ4n) is 3.25. The topological polar surface area (TPSA) is 320 Å². The van der Waals surface area contributed by atoms with Gasteiger partial charge in [0.25, 0.3) is 0 Å². The zero-order chi connectivity index (χ0) is 40.6. The molecule has 0 spiro atoms. The summed E-state index contributed by atoms with van der Waals surface area (Å²) in [6, 6.07) is 0. The van der Waals surface area contributed by atoms with Gasteiger partial charge in [-0.2, -0.15) is 0 Å². The normalized spacial score (nSPS) is 14.7. The summed E-state index contributed by atoms with van der Waals surface area (Å²) in [4.78, 5) is 76.0. The Hall–Kier alpha value is -3.50. The fraction of sp³-hybridized carbons (Fsp3) is 0.812. The Balaban J connectivity index is 5.55. The first kappa shape index (κ1) is 48.5. The molecule has 0 heterocycles. The molecule has 8 N–H and O–H groups in total. The van der Waals surface area contributed by atoms with E-state index in [1.54, 1.807) is 0 Å². The van der Waals surface area contributed by atoms with Gasteiger partial charge in [0.15, 0.2) is 0 Å². The molecular weight excluding hydrogens is 704 g/mol. The Morgan fingerprint density at radius 1 is 0.308 bits per heavy atom. The molecule has 0 aromatic rings. The first-order valence-corrected chi connectivity index (χ1v) is 16.0. The molecule has 0 aliphatic rings. The molecule has 0 saturated carbocycles. The summed E-state index contributed by atoms with van der Waals surface area (Å²) < 4.78 is 30.6. The van der Waals surface area contributed by atoms with Crippen LogP contribution in [0.25, 0.3) is 0 Å². The van der Waals surface area contributed by atoms with E-state index in [2.05, 4.69) is 0 Å². The van der Waals surface area contributed by atoms with Crippen LogP contribution < -0.4 is 0 Å². The zero-order valence-electron chi connectivity index (χ0n) is 30.4. The van der Waals surface area contributed by atoms with Gasteiger partial charge in [-0.3, -0.25) is 28.8 Å². The molecule has 302 valence electrons. The standard InChI is InChI=1S/C32H54O20/c1-27(9-33,10-34)21(41)49-18-31(5,16-40)25(45)50-17-30(4,15-39)24(44)47-7-8-48-26(46)32(6,19-51-22(42)28(2,11-35)12-36)20-52-23(43)29(3,13-37)14-38/h33-40H,7-20H2,1-6H3. The average Bonchev–Trinajstić information content (AvgIpc) is 3.16. The van der Waals surface area contributed by atoms with Crippen LogP contribution in [0, 0.1) is 32.5 Å². The third-order valence-electron chi connectivity index (χ3n) is 8.39. The molecule has 52 heavy (non-hydrogen) atoms. The molecule has 0 aromatic carbocycles. The van der Waals surface area contributed by atoms with Gasteiger partial charge in [0, 0.05) is 0 Å². The average molecular weight is 759 g/mol. The van der Waals surface area contributed by atoms with Crippen molar-refractivity contribution < 1.29 is 98.0 Å². The van der Waals surface area contributed by atoms with Crippen LogP contribution in [0.5, 0.6) is 0 Å². The number of aliphatic hydroxyl groups is 8. The fourth-order valence-corrected chi connectivity index (χ4v) is 3.25. The number of hydrogen-bond donors (Lipinski definition) is 8. The number of hydrogen-bond acceptors (Lipinski definition) is 20. The highest BCUT2D eigenvalue weighted by Crippen LogP contribution is 2.27. The van der Waals surface area contributed by atoms with Crippen LogP contribution in [0.4, 0.5) is 0 Å². The Morgan fingerprint density at radius 3 is 0.712 bits per heavy atom. The molecule has 2 atom stereocenters. The predicted octanol–water partition coefficient (Wildman–Crippen LogP) is -3.78. The van der Waals surface area contributed by atoms with Gasteiger partial charge in [-0.1, -0.05) is 0 Å². The van der Waals surface area contributed by atoms with E-state index in [4.69, 9.17) is 28.4 Å². The summed E-state index contributed by atoms with van der Waals surface area (Å²) in [5.41, 5.74) is -10.9. The van der Waals surface area contributed by atoms with Gasteiger partial charge in [-0.05, 0) is 41.5 Å². The van der Waals surface area contributed by atoms with Crippen molar-refractivity contribution in [2.75, 3.05) is 92.5 Å². The van der Waals surface area contributed by atoms with Crippen molar-refractivity contribution in [3.05, 3.63) is 0 Å². The van der Waals surface area contributed by atoms with Crippen molar-refractivity contribution in [1.82, 2.24) is 0 Å². The highest BCUT2D eigenvalue weighted by molar-refractivity contribution is 5.82. The second-order valence-electron chi connectivity index (χ2n) is 14.2. The lowest BCUT2D eigenvalue weighted by molar-refractivity contribution is -0.184. The molecule has 0 bridgehead atoms. The van der Waals surface area contributed by atoms with Crippen molar-refractivity contribution in [2.24, 2.45) is 32.5 Å². The van der Waals surface area contributed by atoms with E-state index in [0.717, 1.165) is 6.92 Å². The van der Waals surface area contributed by atoms with E-state index >= 15 is 0 Å². The van der Waals surface area contributed by atoms with E-state index in [9.17, 15) is 69.6 Å². The molecule has 20 nitrogen and oxygen atoms in total. The van der Waals surface area contributed by atoms with Crippen LogP contribution >= 0.6 is 0 Å². The minimum absolute atomic E-state index is 0.622. The lowest BCUT2D eigenvalue weighted by Crippen LogP contribution is -2.46. The summed E-state index contributed by atoms with van der Waals surface area (Å²) in [7, 11) is 0. The largest absolute Gasteiger partial charge is 0.464 e. The summed E-state index contributed by atoms with van der Waals surface area (Å²) in [5, 5.41) is 76.3. The Labute approximate surface area is 300 Å². The minimum Gasteiger partial charge on any atom is -0.464 e. The lowest BCUT2D eigenvalue weighted by atomic mass is 9.90. The van der Waals surface area contributed by atoms with Crippen LogP contribution in [0.15, 0.2) is 0 Å². The minimum atomic E-state index is -1.94. The van der Waals surface area contributed by atoms with Gasteiger partial charge in [0.05, 0.1) is 52.9 Å². The van der Waals surface area contributed by atoms with E-state index in [1.165, 1.54) is 34.6 Å². The van der Waals surface area contributed by atoms with E-state index in [0.29, 0.717) is 0 Å². The maximum atomic E-state index is 13.1. The maximum absolute atomic E-state index is 13.1. The van der Waals surface area contributed by atoms with Crippen molar-refractivity contribution in [1.29, 1.82) is 0 Å². The van der Waals surface area contributed by atoms with Gasteiger partial charge in [0.2, 0.25) is 0 Å². The Kier molecular flexibility index (Phi) is 19.3. The molecule has 20 heteroatoms. The molecular formula is C32H54O20. The van der Waals surface area contributed by atoms with Crippen LogP contribution in [0.2, 0.25) is 0 Å². The summed E-state index contributed by atoms with van der Waals surface area (Å²) >= 11 is 0. The zero-order valence-corrected chi connectivity index (χ0v) is 30.4. The third kappa shape index (κ3) is 12.6. The molecule has 0 aliphatic carbocycles. The number of rotatable bonds is 25. The monoisotopic (exact) mass is 758 g/mol. The molecule has 2 unspecified atom stereocenters. The molecule has 0 radical (unpaired) electrons. The number of aliphatic hydroxyl groups excluding tert-OH is 8. The van der Waals surface area contributed by atoms with Crippen LogP contribution in [-0.4, -0.2) is 169 Å². The molecule has 0 rings (SSSR count). The summed E-state index contributed by atoms with van der Waals surface area (Å²) in [6.45, 7) is -3.87. The smallest absolute Gasteiger partial charge is 0.318 e. The molecule has 0 fully saturated rings. The Morgan fingerprint density at radius 2 is 0.481 bits per heavy atom. The van der Waals surface area contributed by atoms with Crippen LogP contribution in [-0.2, 0) is 57.2 Å². The van der Waals surface area contributed by atoms with Crippen molar-refractivity contribution in [3.8, 4) is 0 Å². The molecule has 0 saturated heterocycles. The number of carbonyl (C=O) groups is 6. The number of ether oxygens (including phenoxy) is 6. The second kappa shape index (κ2) is 20.7. The van der Waals surface area contributed by atoms with Gasteiger partial charge in [-0.25, -0.2) is 0 Å². The van der Waals surface area contributed by atoms with E-state index in [-0.39, 0.29) is 0 Å². The number of carbonyl (C=O) groups excluding carboxylic acids is 6. The van der Waals surface area contributed by atoms with Crippen LogP contribution in [0.3, 0.4) is 0 Å². The quantitative estimate of drug-likeness (QED) is 0.0252. The van der Waals surface area contributed by atoms with Gasteiger partial charge >= 0.3 is 35.8 Å². The SMILES string of the molecule is CC(CO)(CO)C(=O)OCC(C)(CO)C(=O)OCC(C)(CO)C(=O)OCCOC(=O)C(C)(COC(=O)C(C)(CO)CO)COC(=O)C(C)(CO)CO. The molecule has 0 aliphatic heterocycles. The van der Waals surface area contributed by atoms with Crippen LogP contribution in [0.1, 0.15) is 41.5 Å². The molecule has 0 amide bonds. The second-order valence-corrected chi connectivity index (χ2v) is 14.2. The van der Waals surface area contributed by atoms with E-state index in [1.807, 2.05) is 0 Å². The third-order valence-corrected chi connectivity index (χ3v) is 8.39. The lowest BCUT2D eigenvalue weighted by Gasteiger charge is -2.31. The predicted molar refractivity (Wildman–Crippen MR) is 171 cm³/mol. The highest BCUT2D eigenvalue weighted by Gasteiger charge is 2.45. The van der Waals surface area contributed by atoms with Crippen molar-refractivity contribution >= 4 is 35.8 Å². The first-order chi connectivity index (χ1) is 24.0. The van der Waals surface area contributed by atoms with Crippen molar-refractivity contribution in [2.45, 2.75) is 41.5 Å². The van der Waals surface area contributed by atoms with Crippen molar-refractivity contribution in [3.63, 3.8) is 0 Å². The number of esters is 6. The van der Waals surface area contributed by atoms with Gasteiger partial charge in [0.1, 0.15) is 72.1 Å². The first-order valence-electron chi connectivity index (χ1n) is 16.0. The highest BCUT2D eigenvalue weighted by atomic mass is 16.6. The van der Waals surface area contributed by atoms with Gasteiger partial charge < -0.3 is 69.3 Å². The molecule has 0 aromatic heterocycles.